The summed E-state index contributed by atoms with van der Waals surface area (Å²) < 4.78 is 6.70. The van der Waals surface area contributed by atoms with Crippen molar-refractivity contribution in [1.29, 1.82) is 0 Å². The zero-order chi connectivity index (χ0) is 6.15. The molecule has 36 valence electrons. The SMILES string of the molecule is [3H]C1=CC(=O)NC1=O. The molecule has 1 aliphatic rings. The molecule has 0 saturated carbocycles. The Kier molecular flexibility index (Phi) is 0.500. The van der Waals surface area contributed by atoms with E-state index in [1.807, 2.05) is 5.32 Å². The number of imide groups is 1. The number of amides is 2. The van der Waals surface area contributed by atoms with E-state index in [0.29, 0.717) is 0 Å². The van der Waals surface area contributed by atoms with Crippen molar-refractivity contribution in [3.05, 3.63) is 12.1 Å². The molecule has 0 aromatic carbocycles. The van der Waals surface area contributed by atoms with Crippen molar-refractivity contribution in [2.24, 2.45) is 0 Å². The van der Waals surface area contributed by atoms with Crippen LogP contribution in [0.25, 0.3) is 0 Å². The lowest BCUT2D eigenvalue weighted by molar-refractivity contribution is -0.123. The molecule has 0 radical (unpaired) electrons. The first-order valence-electron chi connectivity index (χ1n) is 2.24. The first-order valence-corrected chi connectivity index (χ1v) is 1.74. The first kappa shape index (κ1) is 2.96. The van der Waals surface area contributed by atoms with Gasteiger partial charge in [0.1, 0.15) is 0 Å². The normalized spacial score (nSPS) is 21.1. The second-order valence-corrected chi connectivity index (χ2v) is 1.11. The fraction of sp³-hybridized carbons (Fsp3) is 0. The van der Waals surface area contributed by atoms with Gasteiger partial charge in [-0.1, -0.05) is 0 Å². The van der Waals surface area contributed by atoms with E-state index in [4.69, 9.17) is 1.37 Å². The van der Waals surface area contributed by atoms with Crippen LogP contribution in [0.15, 0.2) is 12.1 Å². The maximum absolute atomic E-state index is 10.2. The van der Waals surface area contributed by atoms with Crippen LogP contribution in [0.3, 0.4) is 0 Å². The molecule has 0 aromatic rings. The molecule has 0 saturated heterocycles. The fourth-order valence-electron chi connectivity index (χ4n) is 0.315. The molecule has 0 bridgehead atoms. The van der Waals surface area contributed by atoms with Gasteiger partial charge in [0.15, 0.2) is 0 Å². The summed E-state index contributed by atoms with van der Waals surface area (Å²) in [5.41, 5.74) is 0. The molecule has 2 amide bonds. The minimum Gasteiger partial charge on any atom is -0.289 e. The van der Waals surface area contributed by atoms with Crippen molar-refractivity contribution < 1.29 is 11.0 Å². The van der Waals surface area contributed by atoms with Crippen LogP contribution in [0.5, 0.6) is 0 Å². The van der Waals surface area contributed by atoms with Crippen LogP contribution >= 0.6 is 0 Å². The van der Waals surface area contributed by atoms with Gasteiger partial charge < -0.3 is 0 Å². The molecule has 0 fully saturated rings. The lowest BCUT2D eigenvalue weighted by Gasteiger charge is -1.80. The molecular weight excluding hydrogens is 94.0 g/mol. The van der Waals surface area contributed by atoms with Crippen molar-refractivity contribution >= 4 is 11.8 Å². The van der Waals surface area contributed by atoms with Crippen LogP contribution in [0, 0.1) is 0 Å². The van der Waals surface area contributed by atoms with E-state index >= 15 is 0 Å². The summed E-state index contributed by atoms with van der Waals surface area (Å²) in [5, 5.41) is 1.91. The van der Waals surface area contributed by atoms with Gasteiger partial charge in [-0.05, 0) is 0 Å². The molecule has 1 rings (SSSR count). The smallest absolute Gasteiger partial charge is 0.250 e. The molecule has 7 heavy (non-hydrogen) atoms. The van der Waals surface area contributed by atoms with Crippen LogP contribution in [0.2, 0.25) is 0 Å². The predicted octanol–water partition coefficient (Wildman–Crippen LogP) is -0.801. The first-order chi connectivity index (χ1) is 3.70. The van der Waals surface area contributed by atoms with Crippen LogP contribution in [0.4, 0.5) is 0 Å². The molecule has 0 atom stereocenters. The van der Waals surface area contributed by atoms with Gasteiger partial charge in [0.2, 0.25) is 0 Å². The van der Waals surface area contributed by atoms with Crippen LogP contribution in [-0.2, 0) is 9.59 Å². The Morgan fingerprint density at radius 2 is 2.29 bits per heavy atom. The number of nitrogens with one attached hydrogen (secondary N) is 1. The van der Waals surface area contributed by atoms with Crippen LogP contribution in [0.1, 0.15) is 1.37 Å². The molecule has 0 aromatic heterocycles. The highest BCUT2D eigenvalue weighted by atomic mass is 16.2. The summed E-state index contributed by atoms with van der Waals surface area (Å²) in [4.78, 5) is 20.3. The average Bonchev–Trinajstić information content (AvgIpc) is 1.85. The summed E-state index contributed by atoms with van der Waals surface area (Å²) in [5.74, 6) is -1.12. The molecule has 0 unspecified atom stereocenters. The van der Waals surface area contributed by atoms with Gasteiger partial charge in [0.05, 0.1) is 1.37 Å². The topological polar surface area (TPSA) is 46.2 Å². The van der Waals surface area contributed by atoms with Gasteiger partial charge in [0, 0.05) is 12.1 Å². The number of carbonyl (C=O) groups excluding carboxylic acids is 2. The van der Waals surface area contributed by atoms with E-state index in [9.17, 15) is 9.59 Å². The Morgan fingerprint density at radius 3 is 2.43 bits per heavy atom. The van der Waals surface area contributed by atoms with E-state index < -0.39 is 11.8 Å². The van der Waals surface area contributed by atoms with E-state index in [2.05, 4.69) is 0 Å². The molecular formula is C4H3NO2. The molecule has 1 heterocycles. The Hall–Kier alpha value is -1.12. The third-order valence-corrected chi connectivity index (χ3v) is 0.571. The van der Waals surface area contributed by atoms with Gasteiger partial charge in [0.25, 0.3) is 11.8 Å². The Bertz CT molecular complexity index is 184. The highest BCUT2D eigenvalue weighted by molar-refractivity contribution is 6.12. The van der Waals surface area contributed by atoms with Gasteiger partial charge >= 0.3 is 0 Å². The van der Waals surface area contributed by atoms with Crippen molar-refractivity contribution in [1.82, 2.24) is 5.32 Å². The molecule has 3 nitrogen and oxygen atoms in total. The van der Waals surface area contributed by atoms with E-state index in [1.54, 1.807) is 0 Å². The molecule has 1 N–H and O–H groups in total. The summed E-state index contributed by atoms with van der Waals surface area (Å²) in [6, 6.07) is -0.269. The minimum absolute atomic E-state index is 0.269. The van der Waals surface area contributed by atoms with E-state index in [-0.39, 0.29) is 6.05 Å². The number of hydrogen-bond acceptors (Lipinski definition) is 2. The van der Waals surface area contributed by atoms with Gasteiger partial charge in [-0.2, -0.15) is 0 Å². The summed E-state index contributed by atoms with van der Waals surface area (Å²) in [6.07, 6.45) is 0.947. The van der Waals surface area contributed by atoms with Crippen molar-refractivity contribution in [2.75, 3.05) is 0 Å². The van der Waals surface area contributed by atoms with Crippen LogP contribution in [-0.4, -0.2) is 11.8 Å². The van der Waals surface area contributed by atoms with Gasteiger partial charge in [-0.15, -0.1) is 0 Å². The van der Waals surface area contributed by atoms with Gasteiger partial charge in [-0.25, -0.2) is 0 Å². The minimum atomic E-state index is -0.616. The molecule has 0 spiro atoms. The molecule has 3 heteroatoms. The van der Waals surface area contributed by atoms with E-state index in [1.165, 1.54) is 0 Å². The van der Waals surface area contributed by atoms with E-state index in [0.717, 1.165) is 6.08 Å². The van der Waals surface area contributed by atoms with Crippen molar-refractivity contribution in [3.63, 3.8) is 0 Å². The summed E-state index contributed by atoms with van der Waals surface area (Å²) in [6.45, 7) is 0. The zero-order valence-corrected chi connectivity index (χ0v) is 3.39. The Labute approximate surface area is 41.4 Å². The third kappa shape index (κ3) is 0.652. The predicted molar refractivity (Wildman–Crippen MR) is 22.3 cm³/mol. The van der Waals surface area contributed by atoms with Gasteiger partial charge in [-0.3, -0.25) is 14.9 Å². The number of carbonyl (C=O) groups is 2. The maximum atomic E-state index is 10.2. The lowest BCUT2D eigenvalue weighted by Crippen LogP contribution is -2.19. The standard InChI is InChI=1S/C4H3NO2/c6-3-1-2-4(7)5-3/h1-2H,(H,5,6,7)/i1T. The van der Waals surface area contributed by atoms with Crippen molar-refractivity contribution in [2.45, 2.75) is 0 Å². The second-order valence-electron chi connectivity index (χ2n) is 1.11. The summed E-state index contributed by atoms with van der Waals surface area (Å²) in [7, 11) is 0. The van der Waals surface area contributed by atoms with Crippen molar-refractivity contribution in [3.8, 4) is 0 Å². The highest BCUT2D eigenvalue weighted by Gasteiger charge is 2.06. The maximum Gasteiger partial charge on any atom is 0.250 e. The Balaban J connectivity index is 2.88. The number of hydrogen-bond donors (Lipinski definition) is 1. The Morgan fingerprint density at radius 1 is 1.57 bits per heavy atom. The largest absolute Gasteiger partial charge is 0.289 e. The molecule has 0 aliphatic carbocycles. The quantitative estimate of drug-likeness (QED) is 0.404. The molecule has 1 aliphatic heterocycles. The third-order valence-electron chi connectivity index (χ3n) is 0.571. The number of rotatable bonds is 0. The second kappa shape index (κ2) is 1.18. The fourth-order valence-corrected chi connectivity index (χ4v) is 0.315. The lowest BCUT2D eigenvalue weighted by atomic mass is 10.6. The van der Waals surface area contributed by atoms with Crippen LogP contribution < -0.4 is 5.32 Å². The highest BCUT2D eigenvalue weighted by Crippen LogP contribution is 1.82. The zero-order valence-electron chi connectivity index (χ0n) is 4.39. The summed E-state index contributed by atoms with van der Waals surface area (Å²) >= 11 is 0. The average molecular weight is 99.1 g/mol. The monoisotopic (exact) mass is 99.0 g/mol.